The molecular formula is C13H16I2N2O6. The van der Waals surface area contributed by atoms with Gasteiger partial charge in [-0.1, -0.05) is 0 Å². The molecule has 0 amide bonds. The molecule has 0 spiro atoms. The number of hydrogen-bond donors (Lipinski definition) is 2. The SMILES string of the molecule is CC(I)(C(=O)OCC(=O)OC1CCC2CC1OC2=O)C12NI1N2. The number of esters is 3. The van der Waals surface area contributed by atoms with E-state index in [-0.39, 0.29) is 21.7 Å². The van der Waals surface area contributed by atoms with E-state index in [0.29, 0.717) is 19.3 Å². The third kappa shape index (κ3) is 2.65. The van der Waals surface area contributed by atoms with Gasteiger partial charge in [0.15, 0.2) is 0 Å². The Morgan fingerprint density at radius 3 is 2.83 bits per heavy atom. The third-order valence-corrected chi connectivity index (χ3v) is 11.8. The van der Waals surface area contributed by atoms with Crippen LogP contribution in [0.15, 0.2) is 0 Å². The molecule has 4 fully saturated rings. The number of fused-ring (bicyclic) bond motifs is 3. The minimum atomic E-state index is -1.27. The molecule has 1 aliphatic carbocycles. The zero-order valence-electron chi connectivity index (χ0n) is 12.3. The van der Waals surface area contributed by atoms with E-state index in [9.17, 15) is 14.4 Å². The van der Waals surface area contributed by atoms with Gasteiger partial charge in [-0.25, -0.2) is 0 Å². The van der Waals surface area contributed by atoms with Gasteiger partial charge in [-0.2, -0.15) is 0 Å². The molecule has 2 N–H and O–H groups in total. The van der Waals surface area contributed by atoms with E-state index >= 15 is 0 Å². The van der Waals surface area contributed by atoms with E-state index < -0.39 is 48.4 Å². The van der Waals surface area contributed by atoms with Gasteiger partial charge < -0.3 is 0 Å². The zero-order chi connectivity index (χ0) is 16.4. The summed E-state index contributed by atoms with van der Waals surface area (Å²) in [6.07, 6.45) is 1.10. The molecule has 4 aliphatic rings. The second-order valence-corrected chi connectivity index (χ2v) is 12.7. The minimum absolute atomic E-state index is 0.0542. The second kappa shape index (κ2) is 5.39. The Balaban J connectivity index is 1.26. The maximum atomic E-state index is 12.2. The quantitative estimate of drug-likeness (QED) is 0.0970. The van der Waals surface area contributed by atoms with Crippen molar-refractivity contribution in [2.45, 2.75) is 45.5 Å². The molecule has 3 aliphatic heterocycles. The summed E-state index contributed by atoms with van der Waals surface area (Å²) >= 11 is 0.793. The number of alkyl halides is 2. The van der Waals surface area contributed by atoms with Crippen molar-refractivity contribution in [1.82, 2.24) is 7.06 Å². The van der Waals surface area contributed by atoms with E-state index in [0.717, 1.165) is 0 Å². The first-order valence-corrected chi connectivity index (χ1v) is 11.7. The molecule has 10 heteroatoms. The van der Waals surface area contributed by atoms with Crippen LogP contribution in [0.5, 0.6) is 0 Å². The van der Waals surface area contributed by atoms with Gasteiger partial charge in [0, 0.05) is 0 Å². The molecule has 4 atom stereocenters. The van der Waals surface area contributed by atoms with Crippen LogP contribution in [0.4, 0.5) is 0 Å². The second-order valence-electron chi connectivity index (χ2n) is 6.22. The van der Waals surface area contributed by atoms with Gasteiger partial charge in [0.25, 0.3) is 0 Å². The monoisotopic (exact) mass is 550 g/mol. The van der Waals surface area contributed by atoms with Crippen molar-refractivity contribution in [3.8, 4) is 0 Å². The number of halogens is 2. The van der Waals surface area contributed by atoms with Crippen LogP contribution in [0.3, 0.4) is 0 Å². The van der Waals surface area contributed by atoms with Crippen molar-refractivity contribution in [3.05, 3.63) is 0 Å². The summed E-state index contributed by atoms with van der Waals surface area (Å²) in [5.41, 5.74) is 0. The van der Waals surface area contributed by atoms with Gasteiger partial charge in [0.2, 0.25) is 0 Å². The number of nitrogens with one attached hydrogen (secondary N) is 2. The van der Waals surface area contributed by atoms with Crippen LogP contribution >= 0.6 is 43.0 Å². The fourth-order valence-corrected chi connectivity index (χ4v) is 10.8. The molecule has 128 valence electrons. The number of ether oxygens (including phenoxy) is 3. The molecule has 4 rings (SSSR count). The summed E-state index contributed by atoms with van der Waals surface area (Å²) < 4.78 is 21.3. The van der Waals surface area contributed by atoms with E-state index in [2.05, 4.69) is 29.7 Å². The predicted octanol–water partition coefficient (Wildman–Crippen LogP) is 0.557. The maximum absolute atomic E-state index is 12.2. The Morgan fingerprint density at radius 2 is 2.17 bits per heavy atom. The van der Waals surface area contributed by atoms with Crippen LogP contribution in [0, 0.1) is 5.92 Å². The first-order valence-electron chi connectivity index (χ1n) is 7.35. The fourth-order valence-electron chi connectivity index (χ4n) is 3.00. The average Bonchev–Trinajstić information content (AvgIpc) is 3.34. The Kier molecular flexibility index (Phi) is 3.81. The normalized spacial score (nSPS) is 36.3. The van der Waals surface area contributed by atoms with Gasteiger partial charge >= 0.3 is 155 Å². The summed E-state index contributed by atoms with van der Waals surface area (Å²) in [5.74, 6) is -1.28. The van der Waals surface area contributed by atoms with Crippen LogP contribution in [0.1, 0.15) is 26.2 Å². The molecule has 0 radical (unpaired) electrons. The first kappa shape index (κ1) is 16.3. The molecule has 23 heavy (non-hydrogen) atoms. The number of carbonyl (C=O) groups excluding carboxylic acids is 3. The molecule has 3 saturated heterocycles. The summed E-state index contributed by atoms with van der Waals surface area (Å²) in [5, 5.41) is 0. The van der Waals surface area contributed by atoms with Gasteiger partial charge in [0.05, 0.1) is 0 Å². The van der Waals surface area contributed by atoms with Crippen molar-refractivity contribution in [1.29, 1.82) is 0 Å². The van der Waals surface area contributed by atoms with Crippen molar-refractivity contribution in [2.24, 2.45) is 5.92 Å². The molecule has 0 aromatic rings. The van der Waals surface area contributed by atoms with Crippen LogP contribution in [0.2, 0.25) is 0 Å². The molecule has 3 heterocycles. The summed E-state index contributed by atoms with van der Waals surface area (Å²) in [6.45, 7) is 1.38. The zero-order valence-corrected chi connectivity index (χ0v) is 16.6. The standard InChI is InChI=1S/C13H16I2N2O6/c1-12(14,13-15(16-13)17-13)11(20)21-5-9(18)22-7-3-2-6-4-8(7)23-10(6)19/h6-8,16-17H,2-5H2,1H3. The van der Waals surface area contributed by atoms with E-state index in [1.165, 1.54) is 0 Å². The van der Waals surface area contributed by atoms with Crippen LogP contribution in [-0.4, -0.2) is 43.8 Å². The van der Waals surface area contributed by atoms with E-state index in [1.54, 1.807) is 6.92 Å². The number of rotatable bonds is 5. The Labute approximate surface area is 154 Å². The molecule has 0 aromatic carbocycles. The van der Waals surface area contributed by atoms with Gasteiger partial charge in [0.1, 0.15) is 0 Å². The number of carbonyl (C=O) groups is 3. The van der Waals surface area contributed by atoms with Crippen LogP contribution in [0.25, 0.3) is 0 Å². The fraction of sp³-hybridized carbons (Fsp3) is 0.769. The first-order chi connectivity index (χ1) is 10.8. The van der Waals surface area contributed by atoms with Crippen molar-refractivity contribution >= 4 is 60.9 Å². The van der Waals surface area contributed by atoms with Crippen LogP contribution < -0.4 is 7.06 Å². The molecular weight excluding hydrogens is 534 g/mol. The number of hydrogen-bond acceptors (Lipinski definition) is 8. The molecule has 1 saturated carbocycles. The molecule has 0 aromatic heterocycles. The molecule has 2 bridgehead atoms. The predicted molar refractivity (Wildman–Crippen MR) is 93.5 cm³/mol. The average molecular weight is 550 g/mol. The topological polar surface area (TPSA) is 123 Å². The van der Waals surface area contributed by atoms with Gasteiger partial charge in [-0.3, -0.25) is 0 Å². The Hall–Kier alpha value is -0.210. The van der Waals surface area contributed by atoms with E-state index in [4.69, 9.17) is 14.2 Å². The summed E-state index contributed by atoms with van der Waals surface area (Å²) in [6, 6.07) is 0. The van der Waals surface area contributed by atoms with E-state index in [1.807, 2.05) is 0 Å². The molecule has 8 nitrogen and oxygen atoms in total. The Morgan fingerprint density at radius 1 is 1.48 bits per heavy atom. The van der Waals surface area contributed by atoms with Crippen molar-refractivity contribution in [3.63, 3.8) is 0 Å². The van der Waals surface area contributed by atoms with Gasteiger partial charge in [-0.15, -0.1) is 0 Å². The summed E-state index contributed by atoms with van der Waals surface area (Å²) in [4.78, 5) is 35.6. The summed E-state index contributed by atoms with van der Waals surface area (Å²) in [7, 11) is 0. The third-order valence-electron chi connectivity index (χ3n) is 4.63. The Bertz CT molecular complexity index is 591. The van der Waals surface area contributed by atoms with Crippen molar-refractivity contribution < 1.29 is 28.6 Å². The van der Waals surface area contributed by atoms with Crippen molar-refractivity contribution in [2.75, 3.05) is 6.61 Å². The molecule has 4 unspecified atom stereocenters. The van der Waals surface area contributed by atoms with Crippen LogP contribution in [-0.2, 0) is 28.6 Å². The van der Waals surface area contributed by atoms with Gasteiger partial charge in [-0.05, 0) is 0 Å².